The minimum absolute atomic E-state index is 0.181. The second-order valence-corrected chi connectivity index (χ2v) is 5.30. The SMILES string of the molecule is C=C(C)CNC(=O)C(C)Oc1ccc(Cl)cc1Br. The largest absolute Gasteiger partial charge is 0.480 e. The van der Waals surface area contributed by atoms with Gasteiger partial charge in [-0.25, -0.2) is 0 Å². The Bertz CT molecular complexity index is 462. The summed E-state index contributed by atoms with van der Waals surface area (Å²) in [5.74, 6) is 0.400. The van der Waals surface area contributed by atoms with E-state index in [0.717, 1.165) is 10.0 Å². The summed E-state index contributed by atoms with van der Waals surface area (Å²) in [6.45, 7) is 7.71. The molecule has 0 bridgehead atoms. The highest BCUT2D eigenvalue weighted by Gasteiger charge is 2.15. The summed E-state index contributed by atoms with van der Waals surface area (Å²) in [6, 6.07) is 5.14. The molecule has 0 aliphatic heterocycles. The lowest BCUT2D eigenvalue weighted by Crippen LogP contribution is -2.37. The first-order chi connectivity index (χ1) is 8.40. The Morgan fingerprint density at radius 1 is 1.61 bits per heavy atom. The van der Waals surface area contributed by atoms with E-state index in [-0.39, 0.29) is 5.91 Å². The molecule has 0 aliphatic carbocycles. The minimum atomic E-state index is -0.582. The Morgan fingerprint density at radius 3 is 2.83 bits per heavy atom. The van der Waals surface area contributed by atoms with Crippen LogP contribution < -0.4 is 10.1 Å². The van der Waals surface area contributed by atoms with E-state index in [2.05, 4.69) is 27.8 Å². The molecule has 1 amide bonds. The molecular weight excluding hydrogens is 318 g/mol. The molecule has 1 aromatic rings. The van der Waals surface area contributed by atoms with Gasteiger partial charge in [0.2, 0.25) is 0 Å². The number of carbonyl (C=O) groups excluding carboxylic acids is 1. The molecule has 0 heterocycles. The zero-order chi connectivity index (χ0) is 13.7. The maximum atomic E-state index is 11.7. The Hall–Kier alpha value is -1.000. The third-order valence-electron chi connectivity index (χ3n) is 2.13. The van der Waals surface area contributed by atoms with E-state index in [9.17, 15) is 4.79 Å². The zero-order valence-electron chi connectivity index (χ0n) is 10.3. The molecule has 1 N–H and O–H groups in total. The van der Waals surface area contributed by atoms with E-state index in [1.54, 1.807) is 25.1 Å². The summed E-state index contributed by atoms with van der Waals surface area (Å²) in [6.07, 6.45) is -0.582. The van der Waals surface area contributed by atoms with Gasteiger partial charge in [0.05, 0.1) is 4.47 Å². The van der Waals surface area contributed by atoms with Crippen molar-refractivity contribution < 1.29 is 9.53 Å². The lowest BCUT2D eigenvalue weighted by Gasteiger charge is -2.15. The predicted molar refractivity (Wildman–Crippen MR) is 77.1 cm³/mol. The van der Waals surface area contributed by atoms with Crippen LogP contribution in [-0.2, 0) is 4.79 Å². The number of rotatable bonds is 5. The van der Waals surface area contributed by atoms with Crippen LogP contribution in [0.15, 0.2) is 34.8 Å². The van der Waals surface area contributed by atoms with Crippen LogP contribution in [0.25, 0.3) is 0 Å². The van der Waals surface area contributed by atoms with Crippen molar-refractivity contribution >= 4 is 33.4 Å². The zero-order valence-corrected chi connectivity index (χ0v) is 12.6. The molecular formula is C13H15BrClNO2. The molecule has 1 unspecified atom stereocenters. The molecule has 0 radical (unpaired) electrons. The topological polar surface area (TPSA) is 38.3 Å². The van der Waals surface area contributed by atoms with E-state index in [0.29, 0.717) is 17.3 Å². The van der Waals surface area contributed by atoms with Crippen molar-refractivity contribution in [2.45, 2.75) is 20.0 Å². The van der Waals surface area contributed by atoms with Gasteiger partial charge in [-0.2, -0.15) is 0 Å². The molecule has 1 rings (SSSR count). The van der Waals surface area contributed by atoms with Crippen molar-refractivity contribution in [3.63, 3.8) is 0 Å². The van der Waals surface area contributed by atoms with E-state index >= 15 is 0 Å². The number of benzene rings is 1. The van der Waals surface area contributed by atoms with Crippen LogP contribution in [0.5, 0.6) is 5.75 Å². The highest BCUT2D eigenvalue weighted by molar-refractivity contribution is 9.10. The van der Waals surface area contributed by atoms with Gasteiger partial charge in [-0.1, -0.05) is 23.8 Å². The summed E-state index contributed by atoms with van der Waals surface area (Å²) >= 11 is 9.16. The van der Waals surface area contributed by atoms with Gasteiger partial charge < -0.3 is 10.1 Å². The van der Waals surface area contributed by atoms with Crippen molar-refractivity contribution in [1.82, 2.24) is 5.32 Å². The predicted octanol–water partition coefficient (Wildman–Crippen LogP) is 3.56. The normalized spacial score (nSPS) is 11.8. The van der Waals surface area contributed by atoms with Crippen molar-refractivity contribution in [2.75, 3.05) is 6.54 Å². The van der Waals surface area contributed by atoms with Gasteiger partial charge in [0, 0.05) is 11.6 Å². The van der Waals surface area contributed by atoms with Crippen molar-refractivity contribution in [3.05, 3.63) is 39.8 Å². The molecule has 0 aromatic heterocycles. The van der Waals surface area contributed by atoms with E-state index < -0.39 is 6.10 Å². The molecule has 0 saturated heterocycles. The fraction of sp³-hybridized carbons (Fsp3) is 0.308. The van der Waals surface area contributed by atoms with E-state index in [1.165, 1.54) is 0 Å². The first kappa shape index (κ1) is 15.1. The standard InChI is InChI=1S/C13H15BrClNO2/c1-8(2)7-16-13(17)9(3)18-12-5-4-10(15)6-11(12)14/h4-6,9H,1,7H2,2-3H3,(H,16,17). The molecule has 0 fully saturated rings. The summed E-state index contributed by atoms with van der Waals surface area (Å²) in [7, 11) is 0. The van der Waals surface area contributed by atoms with Crippen molar-refractivity contribution in [3.8, 4) is 5.75 Å². The second kappa shape index (κ2) is 6.81. The summed E-state index contributed by atoms with van der Waals surface area (Å²) < 4.78 is 6.26. The van der Waals surface area contributed by atoms with Crippen LogP contribution in [-0.4, -0.2) is 18.6 Å². The highest BCUT2D eigenvalue weighted by Crippen LogP contribution is 2.28. The van der Waals surface area contributed by atoms with Crippen LogP contribution in [0, 0.1) is 0 Å². The Morgan fingerprint density at radius 2 is 2.28 bits per heavy atom. The minimum Gasteiger partial charge on any atom is -0.480 e. The second-order valence-electron chi connectivity index (χ2n) is 4.01. The molecule has 3 nitrogen and oxygen atoms in total. The molecule has 0 spiro atoms. The number of hydrogen-bond acceptors (Lipinski definition) is 2. The van der Waals surface area contributed by atoms with Crippen LogP contribution in [0.2, 0.25) is 5.02 Å². The number of halogens is 2. The maximum Gasteiger partial charge on any atom is 0.261 e. The van der Waals surface area contributed by atoms with Gasteiger partial charge in [0.15, 0.2) is 6.10 Å². The average Bonchev–Trinajstić information content (AvgIpc) is 2.29. The smallest absolute Gasteiger partial charge is 0.261 e. The van der Waals surface area contributed by atoms with E-state index in [1.807, 2.05) is 6.92 Å². The molecule has 5 heteroatoms. The monoisotopic (exact) mass is 331 g/mol. The Kier molecular flexibility index (Phi) is 5.69. The van der Waals surface area contributed by atoms with Gasteiger partial charge in [-0.3, -0.25) is 4.79 Å². The molecule has 98 valence electrons. The highest BCUT2D eigenvalue weighted by atomic mass is 79.9. The van der Waals surface area contributed by atoms with Gasteiger partial charge in [0.25, 0.3) is 5.91 Å². The molecule has 1 atom stereocenters. The Balaban J connectivity index is 2.60. The van der Waals surface area contributed by atoms with Crippen LogP contribution in [0.4, 0.5) is 0 Å². The maximum absolute atomic E-state index is 11.7. The van der Waals surface area contributed by atoms with Crippen LogP contribution in [0.3, 0.4) is 0 Å². The van der Waals surface area contributed by atoms with Crippen LogP contribution >= 0.6 is 27.5 Å². The first-order valence-corrected chi connectivity index (χ1v) is 6.61. The van der Waals surface area contributed by atoms with Gasteiger partial charge in [0.1, 0.15) is 5.75 Å². The molecule has 0 saturated carbocycles. The summed E-state index contributed by atoms with van der Waals surface area (Å²) in [4.78, 5) is 11.7. The fourth-order valence-corrected chi connectivity index (χ4v) is 1.97. The van der Waals surface area contributed by atoms with Crippen molar-refractivity contribution in [2.24, 2.45) is 0 Å². The quantitative estimate of drug-likeness (QED) is 0.837. The number of hydrogen-bond donors (Lipinski definition) is 1. The first-order valence-electron chi connectivity index (χ1n) is 5.44. The lowest BCUT2D eigenvalue weighted by molar-refractivity contribution is -0.127. The third kappa shape index (κ3) is 4.70. The average molecular weight is 333 g/mol. The van der Waals surface area contributed by atoms with E-state index in [4.69, 9.17) is 16.3 Å². The van der Waals surface area contributed by atoms with Crippen LogP contribution in [0.1, 0.15) is 13.8 Å². The Labute approximate surface area is 120 Å². The molecule has 1 aromatic carbocycles. The number of nitrogens with one attached hydrogen (secondary N) is 1. The van der Waals surface area contributed by atoms with Gasteiger partial charge in [-0.05, 0) is 48.0 Å². The van der Waals surface area contributed by atoms with Gasteiger partial charge >= 0.3 is 0 Å². The third-order valence-corrected chi connectivity index (χ3v) is 2.99. The number of amides is 1. The lowest BCUT2D eigenvalue weighted by atomic mass is 10.3. The summed E-state index contributed by atoms with van der Waals surface area (Å²) in [5, 5.41) is 3.33. The van der Waals surface area contributed by atoms with Crippen molar-refractivity contribution in [1.29, 1.82) is 0 Å². The summed E-state index contributed by atoms with van der Waals surface area (Å²) in [5.41, 5.74) is 0.892. The van der Waals surface area contributed by atoms with Gasteiger partial charge in [-0.15, -0.1) is 0 Å². The molecule has 18 heavy (non-hydrogen) atoms. The number of carbonyl (C=O) groups is 1. The molecule has 0 aliphatic rings. The fourth-order valence-electron chi connectivity index (χ4n) is 1.20. The number of ether oxygens (including phenoxy) is 1.